The average molecular weight is 753 g/mol. The molecule has 0 spiro atoms. The molecule has 0 aliphatic carbocycles. The van der Waals surface area contributed by atoms with E-state index in [9.17, 15) is 0 Å². The van der Waals surface area contributed by atoms with E-state index in [0.717, 1.165) is 27.5 Å². The Labute approximate surface area is 362 Å². The number of rotatable bonds is 4. The molecule has 4 aromatic heterocycles. The zero-order chi connectivity index (χ0) is 42.2. The lowest BCUT2D eigenvalue weighted by molar-refractivity contribution is 0.668. The fraction of sp³-hybridized carbons (Fsp3) is 0. The summed E-state index contributed by atoms with van der Waals surface area (Å²) in [5.74, 6) is 1.55. The van der Waals surface area contributed by atoms with Crippen LogP contribution in [0.5, 0.6) is 0 Å². The molecular weight excluding hydrogens is 737 g/mol. The second-order valence-electron chi connectivity index (χ2n) is 14.9. The molecule has 0 saturated heterocycles. The van der Waals surface area contributed by atoms with Gasteiger partial charge in [-0.3, -0.25) is 0 Å². The molecule has 0 N–H and O–H groups in total. The van der Waals surface area contributed by atoms with Gasteiger partial charge in [-0.2, -0.15) is 0 Å². The van der Waals surface area contributed by atoms with Crippen molar-refractivity contribution in [3.05, 3.63) is 97.1 Å². The predicted molar refractivity (Wildman–Crippen MR) is 259 cm³/mol. The zero-order valence-electron chi connectivity index (χ0n) is 32.1. The highest BCUT2D eigenvalue weighted by Crippen LogP contribution is 2.40. The highest BCUT2D eigenvalue weighted by molar-refractivity contribution is 6.71. The van der Waals surface area contributed by atoms with Gasteiger partial charge in [0.1, 0.15) is 101 Å². The van der Waals surface area contributed by atoms with Gasteiger partial charge in [-0.25, -0.2) is 15.0 Å². The Morgan fingerprint density at radius 1 is 0.377 bits per heavy atom. The van der Waals surface area contributed by atoms with Crippen molar-refractivity contribution in [2.45, 2.75) is 0 Å². The quantitative estimate of drug-likeness (QED) is 0.232. The van der Waals surface area contributed by atoms with Crippen molar-refractivity contribution >= 4 is 199 Å². The molecular formula is C45H16B10N4O2. The van der Waals surface area contributed by atoms with Crippen LogP contribution in [0.2, 0.25) is 0 Å². The lowest BCUT2D eigenvalue weighted by Gasteiger charge is -2.17. The van der Waals surface area contributed by atoms with Gasteiger partial charge < -0.3 is 13.4 Å². The first-order valence-corrected chi connectivity index (χ1v) is 19.0. The van der Waals surface area contributed by atoms with Crippen molar-refractivity contribution in [3.8, 4) is 39.9 Å². The molecule has 7 aromatic carbocycles. The Kier molecular flexibility index (Phi) is 8.35. The van der Waals surface area contributed by atoms with Crippen LogP contribution in [0.3, 0.4) is 0 Å². The Morgan fingerprint density at radius 2 is 0.902 bits per heavy atom. The molecule has 11 rings (SSSR count). The van der Waals surface area contributed by atoms with Crippen molar-refractivity contribution in [2.75, 3.05) is 0 Å². The van der Waals surface area contributed by atoms with Crippen molar-refractivity contribution in [1.82, 2.24) is 19.5 Å². The molecule has 0 bridgehead atoms. The Morgan fingerprint density at radius 3 is 1.56 bits per heavy atom. The largest absolute Gasteiger partial charge is 0.456 e. The van der Waals surface area contributed by atoms with Crippen LogP contribution in [0.4, 0.5) is 0 Å². The average Bonchev–Trinajstić information content (AvgIpc) is 3.99. The molecule has 20 radical (unpaired) electrons. The highest BCUT2D eigenvalue weighted by Gasteiger charge is 2.28. The fourth-order valence-corrected chi connectivity index (χ4v) is 8.57. The number of hydrogen-bond donors (Lipinski definition) is 0. The standard InChI is InChI=1S/C45H16B10N4O2/c46-29-25-28-40(36(53)31(48)26-27-30(47)33(50)35(52)38(55)42(27)61-41(26)28)59(39(25)37(54)34(51)32(29)49)19-14-15-20-23(16-19)60-22-13-7-12-21(24(20)22)45-57-43(17-8-3-1-4-9-17)56-44(58-45)18-10-5-2-6-11-18/h1-16H. The molecule has 6 nitrogen and oxygen atoms in total. The minimum Gasteiger partial charge on any atom is -0.456 e. The topological polar surface area (TPSA) is 69.9 Å². The van der Waals surface area contributed by atoms with Gasteiger partial charge in [-0.05, 0) is 18.2 Å². The normalized spacial score (nSPS) is 11.9. The van der Waals surface area contributed by atoms with E-state index in [1.807, 2.05) is 102 Å². The number of benzene rings is 7. The number of aromatic nitrogens is 4. The molecule has 11 aromatic rings. The van der Waals surface area contributed by atoms with E-state index in [4.69, 9.17) is 102 Å². The molecule has 258 valence electrons. The van der Waals surface area contributed by atoms with Crippen LogP contribution >= 0.6 is 0 Å². The van der Waals surface area contributed by atoms with Gasteiger partial charge in [-0.1, -0.05) is 106 Å². The maximum Gasteiger partial charge on any atom is 0.164 e. The van der Waals surface area contributed by atoms with Crippen molar-refractivity contribution in [3.63, 3.8) is 0 Å². The van der Waals surface area contributed by atoms with Gasteiger partial charge in [0.25, 0.3) is 0 Å². The van der Waals surface area contributed by atoms with E-state index in [1.165, 1.54) is 0 Å². The summed E-state index contributed by atoms with van der Waals surface area (Å²) >= 11 is 0. The van der Waals surface area contributed by atoms with Crippen LogP contribution in [0.1, 0.15) is 0 Å². The second kappa shape index (κ2) is 13.6. The Balaban J connectivity index is 1.20. The highest BCUT2D eigenvalue weighted by atomic mass is 16.3. The molecule has 0 amide bonds. The zero-order valence-corrected chi connectivity index (χ0v) is 32.1. The van der Waals surface area contributed by atoms with Gasteiger partial charge in [-0.15, -0.1) is 21.9 Å². The van der Waals surface area contributed by atoms with Gasteiger partial charge in [0.15, 0.2) is 17.5 Å². The maximum atomic E-state index is 7.03. The van der Waals surface area contributed by atoms with E-state index in [2.05, 4.69) is 0 Å². The lowest BCUT2D eigenvalue weighted by atomic mass is 9.64. The lowest BCUT2D eigenvalue weighted by Crippen LogP contribution is -2.48. The molecule has 0 atom stereocenters. The van der Waals surface area contributed by atoms with E-state index < -0.39 is 0 Å². The summed E-state index contributed by atoms with van der Waals surface area (Å²) in [7, 11) is 66.2. The monoisotopic (exact) mass is 754 g/mol. The third-order valence-electron chi connectivity index (χ3n) is 11.6. The summed E-state index contributed by atoms with van der Waals surface area (Å²) in [4.78, 5) is 14.9. The Bertz CT molecular complexity index is 3660. The minimum atomic E-state index is 0.0705. The van der Waals surface area contributed by atoms with Crippen LogP contribution in [-0.2, 0) is 0 Å². The van der Waals surface area contributed by atoms with Crippen LogP contribution in [0, 0.1) is 0 Å². The summed E-state index contributed by atoms with van der Waals surface area (Å²) in [6.45, 7) is 0. The third kappa shape index (κ3) is 5.27. The molecule has 0 aliphatic heterocycles. The minimum absolute atomic E-state index is 0.0705. The summed E-state index contributed by atoms with van der Waals surface area (Å²) in [6.07, 6.45) is 0. The van der Waals surface area contributed by atoms with Gasteiger partial charge >= 0.3 is 0 Å². The van der Waals surface area contributed by atoms with Gasteiger partial charge in [0.2, 0.25) is 0 Å². The van der Waals surface area contributed by atoms with Crippen LogP contribution in [-0.4, -0.2) is 98.0 Å². The first-order valence-electron chi connectivity index (χ1n) is 19.0. The van der Waals surface area contributed by atoms with Crippen molar-refractivity contribution in [1.29, 1.82) is 0 Å². The first-order chi connectivity index (χ1) is 29.4. The number of hydrogen-bond acceptors (Lipinski definition) is 5. The van der Waals surface area contributed by atoms with Crippen LogP contribution < -0.4 is 54.6 Å². The SMILES string of the molecule is [B]c1c([B])c([B])c2c(oc3c2c([B])c([B])c2c3c3c([B])c([B])c([B])c([B])c3n2-c2ccc3c(c2)oc2cccc(-c4nc(-c5ccccc5)nc(-c5ccccc5)n4)c23)c1[B]. The summed E-state index contributed by atoms with van der Waals surface area (Å²) < 4.78 is 14.9. The number of fused-ring (bicyclic) bond motifs is 10. The third-order valence-corrected chi connectivity index (χ3v) is 11.6. The van der Waals surface area contributed by atoms with E-state index in [1.54, 1.807) is 0 Å². The summed E-state index contributed by atoms with van der Waals surface area (Å²) in [5, 5.41) is 3.17. The molecule has 0 unspecified atom stereocenters. The molecule has 16 heteroatoms. The van der Waals surface area contributed by atoms with E-state index >= 15 is 0 Å². The Hall–Kier alpha value is -6.40. The van der Waals surface area contributed by atoms with Gasteiger partial charge in [0, 0.05) is 66.3 Å². The molecule has 4 heterocycles. The molecule has 0 aliphatic rings. The molecule has 61 heavy (non-hydrogen) atoms. The first kappa shape index (κ1) is 37.6. The second-order valence-corrected chi connectivity index (χ2v) is 14.9. The van der Waals surface area contributed by atoms with E-state index in [0.29, 0.717) is 66.9 Å². The number of nitrogens with zero attached hydrogens (tertiary/aromatic N) is 4. The maximum absolute atomic E-state index is 7.03. The van der Waals surface area contributed by atoms with Crippen molar-refractivity contribution < 1.29 is 8.83 Å². The van der Waals surface area contributed by atoms with Crippen LogP contribution in [0.15, 0.2) is 106 Å². The van der Waals surface area contributed by atoms with Gasteiger partial charge in [0.05, 0.1) is 5.52 Å². The summed E-state index contributed by atoms with van der Waals surface area (Å²) in [5.41, 5.74) is 6.58. The predicted octanol–water partition coefficient (Wildman–Crippen LogP) is -0.293. The number of furan rings is 2. The smallest absolute Gasteiger partial charge is 0.164 e. The van der Waals surface area contributed by atoms with Crippen molar-refractivity contribution in [2.24, 2.45) is 0 Å². The molecule has 0 fully saturated rings. The molecule has 0 saturated carbocycles. The summed E-state index contributed by atoms with van der Waals surface area (Å²) in [6, 6.07) is 31.1. The van der Waals surface area contributed by atoms with E-state index in [-0.39, 0.29) is 65.8 Å². The fourth-order valence-electron chi connectivity index (χ4n) is 8.57. The van der Waals surface area contributed by atoms with Crippen LogP contribution in [0.25, 0.3) is 106 Å².